The summed E-state index contributed by atoms with van der Waals surface area (Å²) in [6.07, 6.45) is 16.0. The molecule has 2 rings (SSSR count). The van der Waals surface area contributed by atoms with Gasteiger partial charge in [-0.25, -0.2) is 4.57 Å². The summed E-state index contributed by atoms with van der Waals surface area (Å²) in [4.78, 5) is 48.6. The van der Waals surface area contributed by atoms with E-state index in [0.29, 0.717) is 36.7 Å². The van der Waals surface area contributed by atoms with Crippen LogP contribution in [0.2, 0.25) is 0 Å². The number of aliphatic hydroxyl groups is 3. The van der Waals surface area contributed by atoms with Crippen molar-refractivity contribution in [1.82, 2.24) is 0 Å². The second-order valence-electron chi connectivity index (χ2n) is 18.7. The molecule has 1 aliphatic rings. The lowest BCUT2D eigenvalue weighted by atomic mass is 9.87. The third-order valence-corrected chi connectivity index (χ3v) is 12.9. The number of nitrogens with zero attached hydrogens (tertiary/aromatic N) is 1. The van der Waals surface area contributed by atoms with Gasteiger partial charge in [0, 0.05) is 56.8 Å². The summed E-state index contributed by atoms with van der Waals surface area (Å²) in [5.74, 6) is 0.161. The topological polar surface area (TPSA) is 199 Å². The first kappa shape index (κ1) is 56.7. The van der Waals surface area contributed by atoms with E-state index in [-0.39, 0.29) is 51.1 Å². The molecule has 1 unspecified atom stereocenters. The van der Waals surface area contributed by atoms with Crippen molar-refractivity contribution in [2.75, 3.05) is 47.5 Å². The maximum absolute atomic E-state index is 12.9. The number of aliphatic hydroxyl groups excluding tert-OH is 3. The number of hydrogen-bond acceptors (Lipinski definition) is 12. The Morgan fingerprint density at radius 2 is 1.38 bits per heavy atom. The van der Waals surface area contributed by atoms with E-state index in [1.807, 2.05) is 21.1 Å². The van der Waals surface area contributed by atoms with Gasteiger partial charge in [0.25, 0.3) is 0 Å². The number of furan rings is 1. The summed E-state index contributed by atoms with van der Waals surface area (Å²) >= 11 is 0. The highest BCUT2D eigenvalue weighted by Crippen LogP contribution is 2.43. The predicted molar refractivity (Wildman–Crippen MR) is 244 cm³/mol. The number of ketones is 1. The smallest absolute Gasteiger partial charge is 0.466 e. The molecular formula is C48H85NO13P+. The van der Waals surface area contributed by atoms with Gasteiger partial charge in [0.15, 0.2) is 6.10 Å². The van der Waals surface area contributed by atoms with Crippen molar-refractivity contribution in [2.45, 2.75) is 193 Å². The Hall–Kier alpha value is -2.42. The number of hydrogen-bond donors (Lipinski definition) is 4. The van der Waals surface area contributed by atoms with Gasteiger partial charge >= 0.3 is 19.8 Å². The van der Waals surface area contributed by atoms with Crippen molar-refractivity contribution in [3.63, 3.8) is 0 Å². The van der Waals surface area contributed by atoms with Crippen molar-refractivity contribution in [3.8, 4) is 0 Å². The summed E-state index contributed by atoms with van der Waals surface area (Å²) in [6.45, 7) is 8.08. The Bertz CT molecular complexity index is 1540. The van der Waals surface area contributed by atoms with E-state index in [0.717, 1.165) is 95.0 Å². The average Bonchev–Trinajstić information content (AvgIpc) is 3.63. The largest absolute Gasteiger partial charge is 0.472 e. The highest BCUT2D eigenvalue weighted by molar-refractivity contribution is 7.47. The molecule has 0 aliphatic heterocycles. The zero-order chi connectivity index (χ0) is 46.8. The summed E-state index contributed by atoms with van der Waals surface area (Å²) in [6, 6.07) is 0. The van der Waals surface area contributed by atoms with E-state index in [1.165, 1.54) is 11.1 Å². The molecule has 1 fully saturated rings. The summed E-state index contributed by atoms with van der Waals surface area (Å²) in [7, 11) is 1.25. The zero-order valence-corrected chi connectivity index (χ0v) is 40.8. The SMILES string of the molecule is CCCCC[C@H](O)/C=C/[C@@H]1[C@@H](CC(=O)CCCCC(=O)OC[C@H](COP(=O)(O)OCC[N+](C)(C)C)OC(=O)CCCCCCCCCCc2oc(CCC)c(C)c2C)[C@@H](O)C[C@H]1O. The molecule has 1 saturated carbocycles. The third-order valence-electron chi connectivity index (χ3n) is 12.0. The molecule has 0 radical (unpaired) electrons. The van der Waals surface area contributed by atoms with Crippen molar-refractivity contribution in [1.29, 1.82) is 0 Å². The fourth-order valence-electron chi connectivity index (χ4n) is 7.88. The molecule has 364 valence electrons. The standard InChI is InChI=1S/C48H84NO13P/c1-8-10-17-23-38(50)28-29-41-42(44(53)33-43(41)52)32-39(51)24-20-21-26-47(54)58-34-40(35-60-63(56,57)59-31-30-49(5,6)7)61-48(55)27-19-16-14-12-11-13-15-18-25-46-37(4)36(3)45(62-46)22-9-2/h28-29,38,40-44,50,52-53H,8-27,30-35H2,1-7H3/p+1/b29-28+/t38-,40+,41+,42+,43+,44-/m0/s1. The van der Waals surface area contributed by atoms with Gasteiger partial charge < -0.3 is 38.6 Å². The van der Waals surface area contributed by atoms with Gasteiger partial charge in [-0.1, -0.05) is 83.8 Å². The van der Waals surface area contributed by atoms with Gasteiger partial charge in [0.05, 0.1) is 46.1 Å². The Morgan fingerprint density at radius 1 is 0.778 bits per heavy atom. The highest BCUT2D eigenvalue weighted by atomic mass is 31.2. The van der Waals surface area contributed by atoms with Gasteiger partial charge in [-0.05, 0) is 63.5 Å². The normalized spacial score (nSPS) is 19.9. The van der Waals surface area contributed by atoms with Crippen LogP contribution in [0.15, 0.2) is 16.6 Å². The van der Waals surface area contributed by atoms with Gasteiger partial charge in [-0.2, -0.15) is 0 Å². The lowest BCUT2D eigenvalue weighted by molar-refractivity contribution is -0.870. The van der Waals surface area contributed by atoms with E-state index in [4.69, 9.17) is 22.9 Å². The molecule has 0 saturated heterocycles. The van der Waals surface area contributed by atoms with Crippen LogP contribution in [0.1, 0.15) is 165 Å². The van der Waals surface area contributed by atoms with Crippen LogP contribution in [0.3, 0.4) is 0 Å². The Balaban J connectivity index is 1.75. The second-order valence-corrected chi connectivity index (χ2v) is 20.1. The van der Waals surface area contributed by atoms with Crippen LogP contribution in [0.4, 0.5) is 0 Å². The van der Waals surface area contributed by atoms with E-state index in [2.05, 4.69) is 27.7 Å². The Kier molecular flexibility index (Phi) is 27.7. The van der Waals surface area contributed by atoms with Crippen LogP contribution in [0.25, 0.3) is 0 Å². The molecule has 7 atom stereocenters. The number of rotatable bonds is 36. The lowest BCUT2D eigenvalue weighted by Gasteiger charge is -2.24. The van der Waals surface area contributed by atoms with E-state index in [1.54, 1.807) is 12.2 Å². The van der Waals surface area contributed by atoms with Gasteiger partial charge in [0.2, 0.25) is 0 Å². The van der Waals surface area contributed by atoms with E-state index >= 15 is 0 Å². The maximum Gasteiger partial charge on any atom is 0.472 e. The number of carbonyl (C=O) groups is 3. The molecule has 1 heterocycles. The number of unbranched alkanes of at least 4 members (excludes halogenated alkanes) is 10. The molecule has 1 aliphatic carbocycles. The van der Waals surface area contributed by atoms with Crippen molar-refractivity contribution in [2.24, 2.45) is 11.8 Å². The van der Waals surface area contributed by atoms with Crippen molar-refractivity contribution >= 4 is 25.5 Å². The molecule has 14 nitrogen and oxygen atoms in total. The minimum absolute atomic E-state index is 0.00323. The van der Waals surface area contributed by atoms with Crippen LogP contribution in [0.5, 0.6) is 0 Å². The number of likely N-dealkylation sites (N-methyl/N-ethyl adjacent to an activating group) is 1. The molecular weight excluding hydrogens is 829 g/mol. The first-order valence-electron chi connectivity index (χ1n) is 23.9. The highest BCUT2D eigenvalue weighted by Gasteiger charge is 2.41. The number of carbonyl (C=O) groups excluding carboxylic acids is 3. The monoisotopic (exact) mass is 915 g/mol. The number of quaternary nitrogens is 1. The molecule has 1 aromatic rings. The molecule has 63 heavy (non-hydrogen) atoms. The minimum Gasteiger partial charge on any atom is -0.466 e. The Labute approximate surface area is 378 Å². The van der Waals surface area contributed by atoms with Crippen LogP contribution in [-0.4, -0.2) is 114 Å². The fourth-order valence-corrected chi connectivity index (χ4v) is 8.62. The Morgan fingerprint density at radius 3 is 2.03 bits per heavy atom. The van der Waals surface area contributed by atoms with Crippen LogP contribution >= 0.6 is 7.82 Å². The summed E-state index contributed by atoms with van der Waals surface area (Å²) in [5.41, 5.74) is 2.58. The van der Waals surface area contributed by atoms with Crippen molar-refractivity contribution < 1.29 is 66.6 Å². The molecule has 0 spiro atoms. The number of phosphoric acid groups is 1. The summed E-state index contributed by atoms with van der Waals surface area (Å²) in [5, 5.41) is 31.4. The van der Waals surface area contributed by atoms with Crippen LogP contribution in [-0.2, 0) is 50.3 Å². The van der Waals surface area contributed by atoms with Crippen LogP contribution < -0.4 is 0 Å². The number of esters is 2. The quantitative estimate of drug-likeness (QED) is 0.0164. The molecule has 15 heteroatoms. The number of Topliss-reactive ketones (excluding diaryl/α,β-unsaturated/α-hetero) is 1. The number of ether oxygens (including phenoxy) is 2. The van der Waals surface area contributed by atoms with E-state index < -0.39 is 62.6 Å². The van der Waals surface area contributed by atoms with Gasteiger partial charge in [-0.3, -0.25) is 23.4 Å². The molecule has 0 aromatic carbocycles. The zero-order valence-electron chi connectivity index (χ0n) is 39.9. The first-order chi connectivity index (χ1) is 29.9. The third kappa shape index (κ3) is 24.6. The predicted octanol–water partition coefficient (Wildman–Crippen LogP) is 8.57. The van der Waals surface area contributed by atoms with E-state index in [9.17, 15) is 39.2 Å². The molecule has 0 amide bonds. The average molecular weight is 915 g/mol. The second kappa shape index (κ2) is 30.7. The minimum atomic E-state index is -4.48. The van der Waals surface area contributed by atoms with Crippen molar-refractivity contribution in [3.05, 3.63) is 34.8 Å². The molecule has 0 bridgehead atoms. The number of phosphoric ester groups is 1. The number of aryl methyl sites for hydroxylation is 2. The molecule has 1 aromatic heterocycles. The fraction of sp³-hybridized carbons (Fsp3) is 0.812. The first-order valence-corrected chi connectivity index (χ1v) is 25.4. The van der Waals surface area contributed by atoms with Crippen LogP contribution in [0, 0.1) is 25.7 Å². The molecule has 4 N–H and O–H groups in total. The van der Waals surface area contributed by atoms with Gasteiger partial charge in [0.1, 0.15) is 37.1 Å². The van der Waals surface area contributed by atoms with Gasteiger partial charge in [-0.15, -0.1) is 0 Å². The maximum atomic E-state index is 12.9. The summed E-state index contributed by atoms with van der Waals surface area (Å²) < 4.78 is 40.4. The lowest BCUT2D eigenvalue weighted by Crippen LogP contribution is -2.37.